The van der Waals surface area contributed by atoms with Gasteiger partial charge in [0, 0.05) is 25.2 Å². The van der Waals surface area contributed by atoms with E-state index in [2.05, 4.69) is 0 Å². The zero-order valence-electron chi connectivity index (χ0n) is 10.5. The van der Waals surface area contributed by atoms with Gasteiger partial charge in [-0.15, -0.1) is 0 Å². The summed E-state index contributed by atoms with van der Waals surface area (Å²) in [6, 6.07) is 2.24. The highest BCUT2D eigenvalue weighted by molar-refractivity contribution is 5.74. The monoisotopic (exact) mass is 269 g/mol. The average molecular weight is 269 g/mol. The highest BCUT2D eigenvalue weighted by Gasteiger charge is 2.24. The van der Waals surface area contributed by atoms with Crippen LogP contribution in [0, 0.1) is 17.6 Å². The maximum absolute atomic E-state index is 13.8. The molecule has 0 spiro atoms. The van der Waals surface area contributed by atoms with Gasteiger partial charge in [0.1, 0.15) is 5.69 Å². The number of piperidine rings is 1. The van der Waals surface area contributed by atoms with E-state index in [1.54, 1.807) is 4.90 Å². The second kappa shape index (κ2) is 5.42. The van der Waals surface area contributed by atoms with Crippen molar-refractivity contribution in [3.63, 3.8) is 0 Å². The molecule has 0 aliphatic carbocycles. The van der Waals surface area contributed by atoms with Crippen molar-refractivity contribution in [3.8, 4) is 0 Å². The topological polar surface area (TPSA) is 72.4 Å². The molecule has 0 aromatic heterocycles. The maximum atomic E-state index is 13.8. The summed E-state index contributed by atoms with van der Waals surface area (Å²) >= 11 is 0. The number of anilines is 2. The fourth-order valence-corrected chi connectivity index (χ4v) is 2.53. The first kappa shape index (κ1) is 13.6. The minimum atomic E-state index is -0.647. The Morgan fingerprint density at radius 2 is 1.79 bits per heavy atom. The van der Waals surface area contributed by atoms with Crippen LogP contribution in [-0.2, 0) is 4.79 Å². The van der Waals surface area contributed by atoms with Crippen LogP contribution >= 0.6 is 0 Å². The lowest BCUT2D eigenvalue weighted by Gasteiger charge is -2.33. The molecule has 4 N–H and O–H groups in total. The standard InChI is InChI=1S/C13H17F2N3O/c14-10-6-9(16)7-11(15)13(10)18-3-1-8(2-4-18)5-12(17)19/h6-8H,1-5,16H2,(H2,17,19). The SMILES string of the molecule is NC(=O)CC1CCN(c2c(F)cc(N)cc2F)CC1. The molecule has 0 atom stereocenters. The van der Waals surface area contributed by atoms with E-state index < -0.39 is 11.6 Å². The van der Waals surface area contributed by atoms with E-state index in [-0.39, 0.29) is 23.2 Å². The fourth-order valence-electron chi connectivity index (χ4n) is 2.53. The smallest absolute Gasteiger partial charge is 0.217 e. The molecule has 1 aliphatic heterocycles. The van der Waals surface area contributed by atoms with E-state index >= 15 is 0 Å². The number of nitrogens with two attached hydrogens (primary N) is 2. The van der Waals surface area contributed by atoms with Crippen molar-refractivity contribution in [2.24, 2.45) is 11.7 Å². The molecule has 1 saturated heterocycles. The number of nitrogen functional groups attached to an aromatic ring is 1. The first-order valence-corrected chi connectivity index (χ1v) is 6.25. The molecule has 1 aliphatic rings. The van der Waals surface area contributed by atoms with Crippen LogP contribution in [0.1, 0.15) is 19.3 Å². The maximum Gasteiger partial charge on any atom is 0.217 e. The predicted octanol–water partition coefficient (Wildman–Crippen LogP) is 1.64. The lowest BCUT2D eigenvalue weighted by Crippen LogP contribution is -2.36. The number of primary amides is 1. The van der Waals surface area contributed by atoms with E-state index in [9.17, 15) is 13.6 Å². The minimum absolute atomic E-state index is 0.0354. The van der Waals surface area contributed by atoms with Crippen molar-refractivity contribution in [1.82, 2.24) is 0 Å². The number of hydrogen-bond acceptors (Lipinski definition) is 3. The highest BCUT2D eigenvalue weighted by atomic mass is 19.1. The summed E-state index contributed by atoms with van der Waals surface area (Å²) in [6.07, 6.45) is 1.74. The van der Waals surface area contributed by atoms with Gasteiger partial charge in [0.05, 0.1) is 0 Å². The normalized spacial score (nSPS) is 16.6. The van der Waals surface area contributed by atoms with Gasteiger partial charge in [0.2, 0.25) is 5.91 Å². The molecule has 1 aromatic carbocycles. The largest absolute Gasteiger partial charge is 0.399 e. The third-order valence-corrected chi connectivity index (χ3v) is 3.46. The Labute approximate surface area is 110 Å². The number of amides is 1. The lowest BCUT2D eigenvalue weighted by molar-refractivity contribution is -0.119. The predicted molar refractivity (Wildman–Crippen MR) is 69.5 cm³/mol. The van der Waals surface area contributed by atoms with Crippen LogP contribution in [0.5, 0.6) is 0 Å². The van der Waals surface area contributed by atoms with Crippen LogP contribution in [-0.4, -0.2) is 19.0 Å². The molecule has 0 bridgehead atoms. The Balaban J connectivity index is 2.08. The molecule has 1 amide bonds. The third kappa shape index (κ3) is 3.13. The van der Waals surface area contributed by atoms with Gasteiger partial charge >= 0.3 is 0 Å². The Hall–Kier alpha value is -1.85. The fraction of sp³-hybridized carbons (Fsp3) is 0.462. The quantitative estimate of drug-likeness (QED) is 0.819. The number of halogens is 2. The van der Waals surface area contributed by atoms with E-state index in [1.807, 2.05) is 0 Å². The van der Waals surface area contributed by atoms with Crippen molar-refractivity contribution in [3.05, 3.63) is 23.8 Å². The molecule has 1 fully saturated rings. The Morgan fingerprint density at radius 1 is 1.26 bits per heavy atom. The first-order valence-electron chi connectivity index (χ1n) is 6.25. The van der Waals surface area contributed by atoms with Gasteiger partial charge in [-0.1, -0.05) is 0 Å². The molecular formula is C13H17F2N3O. The number of hydrogen-bond donors (Lipinski definition) is 2. The molecule has 2 rings (SSSR count). The molecule has 0 unspecified atom stereocenters. The minimum Gasteiger partial charge on any atom is -0.399 e. The second-order valence-corrected chi connectivity index (χ2v) is 4.93. The van der Waals surface area contributed by atoms with E-state index in [4.69, 9.17) is 11.5 Å². The van der Waals surface area contributed by atoms with Crippen molar-refractivity contribution in [1.29, 1.82) is 0 Å². The van der Waals surface area contributed by atoms with Gasteiger partial charge in [-0.05, 0) is 30.9 Å². The highest BCUT2D eigenvalue weighted by Crippen LogP contribution is 2.30. The van der Waals surface area contributed by atoms with Gasteiger partial charge in [-0.25, -0.2) is 8.78 Å². The molecule has 1 aromatic rings. The van der Waals surface area contributed by atoms with Gasteiger partial charge in [0.15, 0.2) is 11.6 Å². The van der Waals surface area contributed by atoms with Crippen molar-refractivity contribution in [2.45, 2.75) is 19.3 Å². The summed E-state index contributed by atoms with van der Waals surface area (Å²) in [5.41, 5.74) is 10.6. The third-order valence-electron chi connectivity index (χ3n) is 3.46. The lowest BCUT2D eigenvalue weighted by atomic mass is 9.93. The zero-order chi connectivity index (χ0) is 14.0. The Kier molecular flexibility index (Phi) is 3.87. The summed E-state index contributed by atoms with van der Waals surface area (Å²) in [6.45, 7) is 1.02. The van der Waals surface area contributed by atoms with Crippen LogP contribution in [0.4, 0.5) is 20.2 Å². The number of rotatable bonds is 3. The summed E-state index contributed by atoms with van der Waals surface area (Å²) < 4.78 is 27.5. The summed E-state index contributed by atoms with van der Waals surface area (Å²) in [4.78, 5) is 12.5. The summed E-state index contributed by atoms with van der Waals surface area (Å²) in [5, 5.41) is 0. The van der Waals surface area contributed by atoms with E-state index in [1.165, 1.54) is 0 Å². The van der Waals surface area contributed by atoms with Crippen molar-refractivity contribution < 1.29 is 13.6 Å². The van der Waals surface area contributed by atoms with Crippen LogP contribution in [0.25, 0.3) is 0 Å². The van der Waals surface area contributed by atoms with E-state index in [0.717, 1.165) is 12.1 Å². The molecular weight excluding hydrogens is 252 g/mol. The molecule has 4 nitrogen and oxygen atoms in total. The molecule has 1 heterocycles. The van der Waals surface area contributed by atoms with Crippen LogP contribution in [0.15, 0.2) is 12.1 Å². The number of nitrogens with zero attached hydrogens (tertiary/aromatic N) is 1. The number of carbonyl (C=O) groups is 1. The molecule has 104 valence electrons. The molecule has 19 heavy (non-hydrogen) atoms. The Morgan fingerprint density at radius 3 is 2.26 bits per heavy atom. The van der Waals surface area contributed by atoms with Gasteiger partial charge in [-0.2, -0.15) is 0 Å². The van der Waals surface area contributed by atoms with Crippen molar-refractivity contribution in [2.75, 3.05) is 23.7 Å². The zero-order valence-corrected chi connectivity index (χ0v) is 10.5. The molecule has 6 heteroatoms. The Bertz CT molecular complexity index is 462. The van der Waals surface area contributed by atoms with Gasteiger partial charge < -0.3 is 16.4 Å². The average Bonchev–Trinajstić information content (AvgIpc) is 2.29. The summed E-state index contributed by atoms with van der Waals surface area (Å²) in [7, 11) is 0. The molecule has 0 radical (unpaired) electrons. The van der Waals surface area contributed by atoms with E-state index in [0.29, 0.717) is 32.4 Å². The van der Waals surface area contributed by atoms with Crippen LogP contribution in [0.3, 0.4) is 0 Å². The number of benzene rings is 1. The number of carbonyl (C=O) groups excluding carboxylic acids is 1. The van der Waals surface area contributed by atoms with Gasteiger partial charge in [0.25, 0.3) is 0 Å². The summed E-state index contributed by atoms with van der Waals surface area (Å²) in [5.74, 6) is -1.42. The molecule has 0 saturated carbocycles. The van der Waals surface area contributed by atoms with Gasteiger partial charge in [-0.3, -0.25) is 4.79 Å². The second-order valence-electron chi connectivity index (χ2n) is 4.93. The van der Waals surface area contributed by atoms with Crippen LogP contribution < -0.4 is 16.4 Å². The first-order chi connectivity index (χ1) is 8.97. The van der Waals surface area contributed by atoms with Crippen LogP contribution in [0.2, 0.25) is 0 Å². The van der Waals surface area contributed by atoms with Crippen molar-refractivity contribution >= 4 is 17.3 Å².